The maximum Gasteiger partial charge on any atom is 0.214 e. The minimum Gasteiger partial charge on any atom is -0.212 e. The zero-order valence-electron chi connectivity index (χ0n) is 8.38. The molecule has 0 fully saturated rings. The van der Waals surface area contributed by atoms with E-state index >= 15 is 0 Å². The van der Waals surface area contributed by atoms with E-state index in [1.165, 1.54) is 0 Å². The molecule has 1 N–H and O–H groups in total. The van der Waals surface area contributed by atoms with E-state index < -0.39 is 10.0 Å². The quantitative estimate of drug-likeness (QED) is 0.703. The molecule has 0 heterocycles. The fraction of sp³-hybridized carbons (Fsp3) is 1.00. The molecule has 3 nitrogen and oxygen atoms in total. The number of halogens is 1. The van der Waals surface area contributed by atoms with Crippen LogP contribution in [0.5, 0.6) is 0 Å². The minimum atomic E-state index is -3.14. The Kier molecular flexibility index (Phi) is 5.92. The molecule has 0 spiro atoms. The molecule has 1 atom stereocenters. The van der Waals surface area contributed by atoms with Gasteiger partial charge in [-0.15, -0.1) is 11.6 Å². The van der Waals surface area contributed by atoms with Gasteiger partial charge in [0.1, 0.15) is 0 Å². The molecule has 0 bridgehead atoms. The lowest BCUT2D eigenvalue weighted by Crippen LogP contribution is -2.38. The van der Waals surface area contributed by atoms with Crippen LogP contribution in [0, 0.1) is 0 Å². The lowest BCUT2D eigenvalue weighted by atomic mass is 10.2. The summed E-state index contributed by atoms with van der Waals surface area (Å²) in [7, 11) is -3.14. The van der Waals surface area contributed by atoms with Crippen LogP contribution in [-0.4, -0.2) is 25.6 Å². The van der Waals surface area contributed by atoms with Crippen LogP contribution in [0.3, 0.4) is 0 Å². The number of nitrogens with one attached hydrogen (secondary N) is 1. The van der Waals surface area contributed by atoms with Crippen LogP contribution >= 0.6 is 11.6 Å². The van der Waals surface area contributed by atoms with Gasteiger partial charge in [0.2, 0.25) is 10.0 Å². The molecule has 0 aliphatic rings. The van der Waals surface area contributed by atoms with Crippen molar-refractivity contribution in [3.63, 3.8) is 0 Å². The highest BCUT2D eigenvalue weighted by molar-refractivity contribution is 7.90. The van der Waals surface area contributed by atoms with E-state index in [0.717, 1.165) is 6.42 Å². The second-order valence-corrected chi connectivity index (χ2v) is 5.94. The summed E-state index contributed by atoms with van der Waals surface area (Å²) in [5.41, 5.74) is 0. The number of hydrogen-bond donors (Lipinski definition) is 1. The summed E-state index contributed by atoms with van der Waals surface area (Å²) in [4.78, 5) is 0. The lowest BCUT2D eigenvalue weighted by molar-refractivity contribution is 0.525. The van der Waals surface area contributed by atoms with Gasteiger partial charge in [0.05, 0.1) is 5.25 Å². The Morgan fingerprint density at radius 1 is 1.38 bits per heavy atom. The van der Waals surface area contributed by atoms with Gasteiger partial charge in [-0.05, 0) is 26.7 Å². The number of hydrogen-bond acceptors (Lipinski definition) is 2. The molecule has 0 radical (unpaired) electrons. The Labute approximate surface area is 85.9 Å². The molecule has 0 saturated carbocycles. The zero-order chi connectivity index (χ0) is 10.5. The highest BCUT2D eigenvalue weighted by atomic mass is 35.5. The third kappa shape index (κ3) is 4.84. The molecular formula is C8H18ClNO2S. The van der Waals surface area contributed by atoms with E-state index in [4.69, 9.17) is 11.6 Å². The van der Waals surface area contributed by atoms with E-state index in [0.29, 0.717) is 12.3 Å². The van der Waals surface area contributed by atoms with Crippen molar-refractivity contribution in [1.82, 2.24) is 4.72 Å². The van der Waals surface area contributed by atoms with Crippen LogP contribution in [0.4, 0.5) is 0 Å². The molecule has 0 saturated heterocycles. The van der Waals surface area contributed by atoms with Gasteiger partial charge in [-0.2, -0.15) is 0 Å². The van der Waals surface area contributed by atoms with Crippen molar-refractivity contribution in [2.75, 3.05) is 5.88 Å². The minimum absolute atomic E-state index is 0.0232. The molecule has 0 aromatic rings. The molecule has 80 valence electrons. The summed E-state index contributed by atoms with van der Waals surface area (Å²) >= 11 is 5.55. The summed E-state index contributed by atoms with van der Waals surface area (Å²) in [6.45, 7) is 5.27. The van der Waals surface area contributed by atoms with Crippen molar-refractivity contribution < 1.29 is 8.42 Å². The predicted molar refractivity (Wildman–Crippen MR) is 56.6 cm³/mol. The van der Waals surface area contributed by atoms with Crippen LogP contribution in [0.15, 0.2) is 0 Å². The SMILES string of the molecule is CCC(CCCl)NS(=O)(=O)C(C)C. The molecule has 0 aromatic heterocycles. The molecule has 0 aliphatic carbocycles. The average molecular weight is 228 g/mol. The van der Waals surface area contributed by atoms with Crippen molar-refractivity contribution in [2.24, 2.45) is 0 Å². The van der Waals surface area contributed by atoms with Crippen LogP contribution in [0.2, 0.25) is 0 Å². The summed E-state index contributed by atoms with van der Waals surface area (Å²) < 4.78 is 25.5. The van der Waals surface area contributed by atoms with Gasteiger partial charge in [-0.3, -0.25) is 0 Å². The maximum absolute atomic E-state index is 11.4. The second kappa shape index (κ2) is 5.83. The standard InChI is InChI=1S/C8H18ClNO2S/c1-4-8(5-6-9)10-13(11,12)7(2)3/h7-8,10H,4-6H2,1-3H3. The van der Waals surface area contributed by atoms with Gasteiger partial charge < -0.3 is 0 Å². The molecule has 5 heteroatoms. The topological polar surface area (TPSA) is 46.2 Å². The summed E-state index contributed by atoms with van der Waals surface area (Å²) in [5.74, 6) is 0.485. The van der Waals surface area contributed by atoms with Crippen LogP contribution in [0.1, 0.15) is 33.6 Å². The second-order valence-electron chi connectivity index (χ2n) is 3.29. The normalized spacial score (nSPS) is 14.8. The Balaban J connectivity index is 4.23. The van der Waals surface area contributed by atoms with Crippen LogP contribution in [-0.2, 0) is 10.0 Å². The highest BCUT2D eigenvalue weighted by Gasteiger charge is 2.19. The first kappa shape index (κ1) is 13.2. The molecule has 0 amide bonds. The van der Waals surface area contributed by atoms with Gasteiger partial charge in [0.15, 0.2) is 0 Å². The van der Waals surface area contributed by atoms with E-state index in [2.05, 4.69) is 4.72 Å². The van der Waals surface area contributed by atoms with Gasteiger partial charge in [0, 0.05) is 11.9 Å². The van der Waals surface area contributed by atoms with Crippen molar-refractivity contribution in [2.45, 2.75) is 44.9 Å². The van der Waals surface area contributed by atoms with Crippen LogP contribution in [0.25, 0.3) is 0 Å². The van der Waals surface area contributed by atoms with Gasteiger partial charge in [0.25, 0.3) is 0 Å². The fourth-order valence-corrected chi connectivity index (χ4v) is 2.13. The molecule has 0 aromatic carbocycles. The van der Waals surface area contributed by atoms with E-state index in [9.17, 15) is 8.42 Å². The van der Waals surface area contributed by atoms with Crippen LogP contribution < -0.4 is 4.72 Å². The highest BCUT2D eigenvalue weighted by Crippen LogP contribution is 2.04. The van der Waals surface area contributed by atoms with Gasteiger partial charge >= 0.3 is 0 Å². The third-order valence-corrected chi connectivity index (χ3v) is 4.02. The summed E-state index contributed by atoms with van der Waals surface area (Å²) in [6, 6.07) is -0.0232. The van der Waals surface area contributed by atoms with E-state index in [1.807, 2.05) is 6.92 Å². The van der Waals surface area contributed by atoms with E-state index in [1.54, 1.807) is 13.8 Å². The largest absolute Gasteiger partial charge is 0.214 e. The first-order valence-corrected chi connectivity index (χ1v) is 6.59. The van der Waals surface area contributed by atoms with Crippen molar-refractivity contribution in [3.8, 4) is 0 Å². The van der Waals surface area contributed by atoms with Crippen molar-refractivity contribution in [1.29, 1.82) is 0 Å². The molecule has 1 unspecified atom stereocenters. The maximum atomic E-state index is 11.4. The first-order valence-electron chi connectivity index (χ1n) is 4.51. The summed E-state index contributed by atoms with van der Waals surface area (Å²) in [5, 5.41) is -0.378. The predicted octanol–water partition coefficient (Wildman–Crippen LogP) is 1.72. The molecule has 0 aliphatic heterocycles. The zero-order valence-corrected chi connectivity index (χ0v) is 9.95. The lowest BCUT2D eigenvalue weighted by Gasteiger charge is -2.17. The monoisotopic (exact) mass is 227 g/mol. The Bertz CT molecular complexity index is 226. The fourth-order valence-electron chi connectivity index (χ4n) is 0.846. The van der Waals surface area contributed by atoms with Crippen molar-refractivity contribution in [3.05, 3.63) is 0 Å². The summed E-state index contributed by atoms with van der Waals surface area (Å²) in [6.07, 6.45) is 1.46. The Morgan fingerprint density at radius 2 is 1.92 bits per heavy atom. The average Bonchev–Trinajstić information content (AvgIpc) is 2.03. The van der Waals surface area contributed by atoms with Gasteiger partial charge in [-0.1, -0.05) is 6.92 Å². The third-order valence-electron chi connectivity index (χ3n) is 1.90. The van der Waals surface area contributed by atoms with Crippen molar-refractivity contribution >= 4 is 21.6 Å². The molecule has 0 rings (SSSR count). The number of rotatable bonds is 6. The number of sulfonamides is 1. The first-order chi connectivity index (χ1) is 5.94. The Morgan fingerprint density at radius 3 is 2.23 bits per heavy atom. The molecular weight excluding hydrogens is 210 g/mol. The smallest absolute Gasteiger partial charge is 0.212 e. The van der Waals surface area contributed by atoms with E-state index in [-0.39, 0.29) is 11.3 Å². The van der Waals surface area contributed by atoms with Gasteiger partial charge in [-0.25, -0.2) is 13.1 Å². The Hall–Kier alpha value is 0.200. The molecule has 13 heavy (non-hydrogen) atoms. The number of alkyl halides is 1.